The Kier molecular flexibility index (Phi) is 33.5. The first-order valence-electron chi connectivity index (χ1n) is 25.7. The molecular weight excluding hydrogens is 933 g/mol. The van der Waals surface area contributed by atoms with Crippen LogP contribution < -0.4 is 16.0 Å². The van der Waals surface area contributed by atoms with Crippen LogP contribution in [0, 0.1) is 0 Å². The third kappa shape index (κ3) is 30.9. The van der Waals surface area contributed by atoms with Crippen LogP contribution in [0.5, 0.6) is 0 Å². The summed E-state index contributed by atoms with van der Waals surface area (Å²) in [6.07, 6.45) is 16.2. The number of ether oxygens (including phenoxy) is 6. The second kappa shape index (κ2) is 39.8. The van der Waals surface area contributed by atoms with Crippen LogP contribution in [0.4, 0.5) is 0 Å². The molecule has 0 bridgehead atoms. The van der Waals surface area contributed by atoms with Crippen LogP contribution in [0.2, 0.25) is 0 Å². The normalized spacial score (nSPS) is 12.6. The average molecular weight is 1010 g/mol. The molecule has 1 heterocycles. The Morgan fingerprint density at radius 3 is 1.47 bits per heavy atom. The van der Waals surface area contributed by atoms with Crippen molar-refractivity contribution in [3.8, 4) is 0 Å². The molecule has 0 aromatic heterocycles. The van der Waals surface area contributed by atoms with Gasteiger partial charge in [0.1, 0.15) is 32.5 Å². The van der Waals surface area contributed by atoms with E-state index in [4.69, 9.17) is 28.4 Å². The van der Waals surface area contributed by atoms with Gasteiger partial charge in [-0.25, -0.2) is 9.59 Å². The summed E-state index contributed by atoms with van der Waals surface area (Å²) in [5.74, 6) is -3.67. The van der Waals surface area contributed by atoms with E-state index in [0.717, 1.165) is 49.7 Å². The van der Waals surface area contributed by atoms with Crippen molar-refractivity contribution >= 4 is 47.4 Å². The molecule has 1 aliphatic rings. The van der Waals surface area contributed by atoms with Gasteiger partial charge in [-0.1, -0.05) is 138 Å². The summed E-state index contributed by atoms with van der Waals surface area (Å²) in [7, 11) is 0. The van der Waals surface area contributed by atoms with E-state index in [1.54, 1.807) is 0 Å². The van der Waals surface area contributed by atoms with Gasteiger partial charge in [0.05, 0.1) is 39.6 Å². The number of carbonyl (C=O) groups is 8. The van der Waals surface area contributed by atoms with Gasteiger partial charge >= 0.3 is 17.9 Å². The lowest BCUT2D eigenvalue weighted by Gasteiger charge is -2.18. The molecule has 19 nitrogen and oxygen atoms in total. The standard InChI is InChI=1S/C53H78N4O15/c58-46(54-31-33-66-35-37-68-41-48(60)55-32-34-67-36-38-69-42-52(64)72-57-49(61)29-30-50(57)62)28-27-45(53(65)71-40-44-23-17-14-18-24-44)56-47(59)25-19-11-9-7-5-3-1-2-4-6-8-10-12-20-26-51(63)70-39-43-21-15-13-16-22-43/h13-18,21-24,45H,1-12,19-20,25-42H2,(H,54,58)(H,55,60)(H,56,59)/t45-/m0/s1. The monoisotopic (exact) mass is 1010 g/mol. The maximum absolute atomic E-state index is 13.1. The van der Waals surface area contributed by atoms with E-state index in [2.05, 4.69) is 20.8 Å². The van der Waals surface area contributed by atoms with Crippen molar-refractivity contribution in [1.29, 1.82) is 0 Å². The zero-order chi connectivity index (χ0) is 51.7. The molecule has 0 unspecified atom stereocenters. The summed E-state index contributed by atoms with van der Waals surface area (Å²) in [6.45, 7) is 1.07. The van der Waals surface area contributed by atoms with E-state index in [1.807, 2.05) is 60.7 Å². The van der Waals surface area contributed by atoms with Crippen LogP contribution in [-0.4, -0.2) is 124 Å². The molecule has 400 valence electrons. The van der Waals surface area contributed by atoms with Crippen molar-refractivity contribution in [3.63, 3.8) is 0 Å². The lowest BCUT2D eigenvalue weighted by Crippen LogP contribution is -2.42. The molecule has 3 N–H and O–H groups in total. The van der Waals surface area contributed by atoms with Gasteiger partial charge in [-0.2, -0.15) is 0 Å². The van der Waals surface area contributed by atoms with Crippen LogP contribution in [-0.2, 0) is 84.8 Å². The number of unbranched alkanes of at least 4 members (excludes halogenated alkanes) is 13. The number of benzene rings is 2. The highest BCUT2D eigenvalue weighted by Crippen LogP contribution is 2.15. The van der Waals surface area contributed by atoms with Gasteiger partial charge in [0, 0.05) is 45.2 Å². The minimum Gasteiger partial charge on any atom is -0.461 e. The van der Waals surface area contributed by atoms with Crippen molar-refractivity contribution in [2.45, 2.75) is 148 Å². The van der Waals surface area contributed by atoms with Crippen LogP contribution in [0.3, 0.4) is 0 Å². The highest BCUT2D eigenvalue weighted by atomic mass is 16.7. The number of carbonyl (C=O) groups excluding carboxylic acids is 8. The van der Waals surface area contributed by atoms with E-state index >= 15 is 0 Å². The fourth-order valence-corrected chi connectivity index (χ4v) is 7.32. The van der Waals surface area contributed by atoms with Crippen molar-refractivity contribution in [2.24, 2.45) is 0 Å². The van der Waals surface area contributed by atoms with Crippen molar-refractivity contribution in [2.75, 3.05) is 65.9 Å². The molecule has 1 aliphatic heterocycles. The number of amides is 5. The first-order chi connectivity index (χ1) is 35.1. The maximum atomic E-state index is 13.1. The Balaban J connectivity index is 1.13. The predicted octanol–water partition coefficient (Wildman–Crippen LogP) is 5.89. The van der Waals surface area contributed by atoms with Gasteiger partial charge in [-0.05, 0) is 30.4 Å². The Hall–Kier alpha value is -5.76. The topological polar surface area (TPSA) is 240 Å². The Bertz CT molecular complexity index is 1850. The first-order valence-corrected chi connectivity index (χ1v) is 25.7. The summed E-state index contributed by atoms with van der Waals surface area (Å²) >= 11 is 0. The van der Waals surface area contributed by atoms with E-state index in [-0.39, 0.29) is 122 Å². The summed E-state index contributed by atoms with van der Waals surface area (Å²) < 4.78 is 32.1. The third-order valence-corrected chi connectivity index (χ3v) is 11.3. The highest BCUT2D eigenvalue weighted by molar-refractivity contribution is 6.01. The van der Waals surface area contributed by atoms with E-state index in [1.165, 1.54) is 44.9 Å². The van der Waals surface area contributed by atoms with Gasteiger partial charge in [0.25, 0.3) is 11.8 Å². The quantitative estimate of drug-likeness (QED) is 0.0399. The molecule has 2 aromatic rings. The van der Waals surface area contributed by atoms with Gasteiger partial charge in [0.2, 0.25) is 17.7 Å². The fraction of sp³-hybridized carbons (Fsp3) is 0.623. The second-order valence-electron chi connectivity index (χ2n) is 17.4. The van der Waals surface area contributed by atoms with Crippen LogP contribution in [0.25, 0.3) is 0 Å². The number of nitrogens with one attached hydrogen (secondary N) is 3. The molecule has 5 amide bonds. The smallest absolute Gasteiger partial charge is 0.358 e. The van der Waals surface area contributed by atoms with E-state index in [0.29, 0.717) is 24.5 Å². The second-order valence-corrected chi connectivity index (χ2v) is 17.4. The van der Waals surface area contributed by atoms with Crippen molar-refractivity contribution in [3.05, 3.63) is 71.8 Å². The zero-order valence-corrected chi connectivity index (χ0v) is 42.0. The molecule has 3 rings (SSSR count). The molecule has 0 aliphatic carbocycles. The first kappa shape index (κ1) is 60.5. The molecule has 0 radical (unpaired) electrons. The minimum atomic E-state index is -0.972. The molecule has 72 heavy (non-hydrogen) atoms. The molecule has 1 fully saturated rings. The molecule has 0 saturated carbocycles. The highest BCUT2D eigenvalue weighted by Gasteiger charge is 2.33. The molecule has 1 saturated heterocycles. The van der Waals surface area contributed by atoms with Gasteiger partial charge in [-0.3, -0.25) is 28.8 Å². The molecule has 2 aromatic carbocycles. The van der Waals surface area contributed by atoms with Crippen LogP contribution in [0.1, 0.15) is 140 Å². The van der Waals surface area contributed by atoms with Crippen LogP contribution in [0.15, 0.2) is 60.7 Å². The van der Waals surface area contributed by atoms with Gasteiger partial charge in [-0.15, -0.1) is 5.06 Å². The SMILES string of the molecule is O=C(CC[C@H](NC(=O)CCCCCCCCCCCCCCCCC(=O)OCc1ccccc1)C(=O)OCc1ccccc1)NCCOCCOCC(=O)NCCOCCOCC(=O)ON1C(=O)CCC1=O. The van der Waals surface area contributed by atoms with E-state index in [9.17, 15) is 38.4 Å². The van der Waals surface area contributed by atoms with Gasteiger partial charge < -0.3 is 49.2 Å². The number of hydrogen-bond acceptors (Lipinski definition) is 15. The summed E-state index contributed by atoms with van der Waals surface area (Å²) in [4.78, 5) is 102. The maximum Gasteiger partial charge on any atom is 0.358 e. The third-order valence-electron chi connectivity index (χ3n) is 11.3. The minimum absolute atomic E-state index is 0.00260. The van der Waals surface area contributed by atoms with Crippen LogP contribution >= 0.6 is 0 Å². The summed E-state index contributed by atoms with van der Waals surface area (Å²) in [5.41, 5.74) is 1.82. The number of hydroxylamine groups is 2. The number of rotatable bonds is 43. The molecular formula is C53H78N4O15. The molecule has 1 atom stereocenters. The summed E-state index contributed by atoms with van der Waals surface area (Å²) in [5, 5.41) is 8.62. The van der Waals surface area contributed by atoms with Gasteiger partial charge in [0.15, 0.2) is 0 Å². The Morgan fingerprint density at radius 2 is 0.931 bits per heavy atom. The average Bonchev–Trinajstić information content (AvgIpc) is 3.70. The number of nitrogens with zero attached hydrogens (tertiary/aromatic N) is 1. The lowest BCUT2D eigenvalue weighted by molar-refractivity contribution is -0.200. The molecule has 0 spiro atoms. The number of esters is 2. The molecule has 19 heteroatoms. The van der Waals surface area contributed by atoms with Crippen molar-refractivity contribution in [1.82, 2.24) is 21.0 Å². The zero-order valence-electron chi connectivity index (χ0n) is 42.0. The van der Waals surface area contributed by atoms with E-state index < -0.39 is 36.4 Å². The predicted molar refractivity (Wildman–Crippen MR) is 264 cm³/mol. The lowest BCUT2D eigenvalue weighted by atomic mass is 10.0. The van der Waals surface area contributed by atoms with Crippen molar-refractivity contribution < 1.29 is 71.6 Å². The fourth-order valence-electron chi connectivity index (χ4n) is 7.32. The number of imide groups is 1. The number of hydrogen-bond donors (Lipinski definition) is 3. The largest absolute Gasteiger partial charge is 0.461 e. The Morgan fingerprint density at radius 1 is 0.472 bits per heavy atom. The summed E-state index contributed by atoms with van der Waals surface area (Å²) in [6, 6.07) is 18.0. The Labute approximate surface area is 424 Å².